The van der Waals surface area contributed by atoms with E-state index in [1.54, 1.807) is 11.5 Å². The molecule has 2 aliphatic carbocycles. The van der Waals surface area contributed by atoms with Gasteiger partial charge in [-0.15, -0.1) is 0 Å². The van der Waals surface area contributed by atoms with Crippen molar-refractivity contribution in [2.75, 3.05) is 0 Å². The Kier molecular flexibility index (Phi) is 5.73. The Morgan fingerprint density at radius 3 is 2.33 bits per heavy atom. The molecule has 40 heavy (non-hydrogen) atoms. The third-order valence-electron chi connectivity index (χ3n) is 10.1. The van der Waals surface area contributed by atoms with E-state index in [2.05, 4.69) is 54.5 Å². The van der Waals surface area contributed by atoms with Crippen LogP contribution in [0.25, 0.3) is 27.9 Å². The lowest BCUT2D eigenvalue weighted by Gasteiger charge is -2.32. The van der Waals surface area contributed by atoms with Crippen LogP contribution in [0.4, 0.5) is 0 Å². The summed E-state index contributed by atoms with van der Waals surface area (Å²) in [5, 5.41) is 12.5. The summed E-state index contributed by atoms with van der Waals surface area (Å²) in [7, 11) is 0. The van der Waals surface area contributed by atoms with E-state index in [0.29, 0.717) is 36.3 Å². The van der Waals surface area contributed by atoms with E-state index in [0.717, 1.165) is 39.7 Å². The Bertz CT molecular complexity index is 1760. The first kappa shape index (κ1) is 27.1. The number of carbonyl (C=O) groups is 1. The highest BCUT2D eigenvalue weighted by molar-refractivity contribution is 6.02. The highest BCUT2D eigenvalue weighted by Crippen LogP contribution is 2.55. The molecule has 0 bridgehead atoms. The van der Waals surface area contributed by atoms with E-state index in [4.69, 9.17) is 10.7 Å². The Labute approximate surface area is 236 Å². The predicted molar refractivity (Wildman–Crippen MR) is 160 cm³/mol. The summed E-state index contributed by atoms with van der Waals surface area (Å²) in [6.07, 6.45) is 4.26. The van der Waals surface area contributed by atoms with Crippen molar-refractivity contribution < 1.29 is 9.90 Å². The number of rotatable bonds is 3. The van der Waals surface area contributed by atoms with E-state index < -0.39 is 5.60 Å². The predicted octanol–water partition coefficient (Wildman–Crippen LogP) is 5.76. The van der Waals surface area contributed by atoms with E-state index in [-0.39, 0.29) is 35.0 Å². The molecule has 6 rings (SSSR count). The maximum atomic E-state index is 13.9. The van der Waals surface area contributed by atoms with Gasteiger partial charge in [-0.05, 0) is 90.3 Å². The number of nitrogens with zero attached hydrogens (tertiary/aromatic N) is 2. The minimum atomic E-state index is -1.64. The third kappa shape index (κ3) is 3.45. The fraction of sp³-hybridized carbons (Fsp3) is 0.500. The second-order valence-corrected chi connectivity index (χ2v) is 13.7. The average molecular weight is 540 g/mol. The minimum absolute atomic E-state index is 0.0100. The zero-order valence-electron chi connectivity index (χ0n) is 25.1. The SMILES string of the molecule is CC[C@@]1(O)C(=O)CCc2c1cc1n(c2=O)Cc2c-1nc1c(C)c(C)c(C)c(C3=CC(C)(C)CC3(C)C)c1c2CN. The van der Waals surface area contributed by atoms with Crippen molar-refractivity contribution in [3.63, 3.8) is 0 Å². The van der Waals surface area contributed by atoms with Crippen molar-refractivity contribution in [2.45, 2.75) is 99.8 Å². The lowest BCUT2D eigenvalue weighted by Crippen LogP contribution is -2.43. The summed E-state index contributed by atoms with van der Waals surface area (Å²) in [4.78, 5) is 32.0. The molecule has 0 amide bonds. The number of carbonyl (C=O) groups excluding carboxylic acids is 1. The van der Waals surface area contributed by atoms with Crippen LogP contribution in [0, 0.1) is 31.6 Å². The van der Waals surface area contributed by atoms with Crippen LogP contribution in [-0.4, -0.2) is 20.4 Å². The number of hydrogen-bond acceptors (Lipinski definition) is 5. The van der Waals surface area contributed by atoms with E-state index >= 15 is 0 Å². The number of benzene rings is 1. The van der Waals surface area contributed by atoms with Gasteiger partial charge < -0.3 is 15.4 Å². The molecular formula is C34H41N3O3. The summed E-state index contributed by atoms with van der Waals surface area (Å²) < 4.78 is 1.77. The molecule has 3 heterocycles. The molecule has 0 fully saturated rings. The van der Waals surface area contributed by atoms with Gasteiger partial charge in [0, 0.05) is 35.0 Å². The third-order valence-corrected chi connectivity index (χ3v) is 10.1. The lowest BCUT2D eigenvalue weighted by atomic mass is 9.75. The zero-order chi connectivity index (χ0) is 29.1. The normalized spacial score (nSPS) is 22.4. The number of nitrogens with two attached hydrogens (primary N) is 1. The number of hydrogen-bond donors (Lipinski definition) is 2. The Hall–Kier alpha value is -3.09. The summed E-state index contributed by atoms with van der Waals surface area (Å²) in [5.41, 5.74) is 16.4. The van der Waals surface area contributed by atoms with Gasteiger partial charge in [0.15, 0.2) is 5.78 Å². The first-order valence-electron chi connectivity index (χ1n) is 14.6. The van der Waals surface area contributed by atoms with Crippen LogP contribution >= 0.6 is 0 Å². The summed E-state index contributed by atoms with van der Waals surface area (Å²) >= 11 is 0. The second kappa shape index (κ2) is 8.46. The smallest absolute Gasteiger partial charge is 0.254 e. The molecule has 6 nitrogen and oxygen atoms in total. The van der Waals surface area contributed by atoms with E-state index in [1.165, 1.54) is 22.3 Å². The molecule has 3 aliphatic rings. The van der Waals surface area contributed by atoms with Gasteiger partial charge >= 0.3 is 0 Å². The Morgan fingerprint density at radius 1 is 1.02 bits per heavy atom. The van der Waals surface area contributed by atoms with Crippen LogP contribution in [0.3, 0.4) is 0 Å². The zero-order valence-corrected chi connectivity index (χ0v) is 25.1. The van der Waals surface area contributed by atoms with Gasteiger partial charge in [-0.25, -0.2) is 4.98 Å². The quantitative estimate of drug-likeness (QED) is 0.345. The number of allylic oxidation sites excluding steroid dienone is 2. The molecule has 0 radical (unpaired) electrons. The molecule has 1 aliphatic heterocycles. The fourth-order valence-electron chi connectivity index (χ4n) is 8.07. The van der Waals surface area contributed by atoms with Gasteiger partial charge in [0.2, 0.25) is 0 Å². The molecule has 0 saturated heterocycles. The van der Waals surface area contributed by atoms with Gasteiger partial charge in [0.25, 0.3) is 5.56 Å². The van der Waals surface area contributed by atoms with Crippen LogP contribution in [0.15, 0.2) is 16.9 Å². The summed E-state index contributed by atoms with van der Waals surface area (Å²) in [6, 6.07) is 1.85. The molecule has 2 aromatic heterocycles. The number of aromatic nitrogens is 2. The molecule has 6 heteroatoms. The number of fused-ring (bicyclic) bond motifs is 5. The number of pyridine rings is 2. The molecule has 0 saturated carbocycles. The maximum Gasteiger partial charge on any atom is 0.254 e. The molecule has 1 atom stereocenters. The largest absolute Gasteiger partial charge is 0.377 e. The van der Waals surface area contributed by atoms with Crippen LogP contribution < -0.4 is 11.3 Å². The molecule has 210 valence electrons. The van der Waals surface area contributed by atoms with Crippen LogP contribution in [0.5, 0.6) is 0 Å². The highest BCUT2D eigenvalue weighted by Gasteiger charge is 2.44. The van der Waals surface area contributed by atoms with Gasteiger partial charge in [-0.2, -0.15) is 0 Å². The standard InChI is InChI=1S/C34H41N3O3/c1-9-34(40)23-12-25-30-22(15-37(25)31(39)20(23)10-11-26(34)38)21(14-35)28-27(18(3)17(2)19(4)29(28)36-30)24-13-32(5,6)16-33(24,7)8/h12-13,40H,9-11,14-16,35H2,1-8H3/t34-/m0/s1. The van der Waals surface area contributed by atoms with Crippen molar-refractivity contribution in [1.82, 2.24) is 9.55 Å². The van der Waals surface area contributed by atoms with Crippen molar-refractivity contribution in [3.8, 4) is 11.4 Å². The highest BCUT2D eigenvalue weighted by atomic mass is 16.3. The topological polar surface area (TPSA) is 98.2 Å². The van der Waals surface area contributed by atoms with Crippen molar-refractivity contribution in [3.05, 3.63) is 67.0 Å². The second-order valence-electron chi connectivity index (χ2n) is 13.7. The van der Waals surface area contributed by atoms with E-state index in [9.17, 15) is 14.7 Å². The first-order chi connectivity index (χ1) is 18.7. The minimum Gasteiger partial charge on any atom is -0.377 e. The molecule has 0 unspecified atom stereocenters. The van der Waals surface area contributed by atoms with Crippen LogP contribution in [0.1, 0.15) is 98.4 Å². The molecule has 3 N–H and O–H groups in total. The molecule has 1 aromatic carbocycles. The van der Waals surface area contributed by atoms with Gasteiger partial charge in [0.1, 0.15) is 5.60 Å². The Morgan fingerprint density at radius 2 is 1.73 bits per heavy atom. The van der Waals surface area contributed by atoms with Gasteiger partial charge in [-0.1, -0.05) is 40.7 Å². The van der Waals surface area contributed by atoms with E-state index in [1.807, 2.05) is 6.07 Å². The van der Waals surface area contributed by atoms with Crippen LogP contribution in [-0.2, 0) is 29.9 Å². The molecule has 0 spiro atoms. The summed E-state index contributed by atoms with van der Waals surface area (Å²) in [6.45, 7) is 18.3. The van der Waals surface area contributed by atoms with Crippen molar-refractivity contribution >= 4 is 22.3 Å². The fourth-order valence-corrected chi connectivity index (χ4v) is 8.07. The van der Waals surface area contributed by atoms with Crippen LogP contribution in [0.2, 0.25) is 0 Å². The van der Waals surface area contributed by atoms with Crippen molar-refractivity contribution in [2.24, 2.45) is 16.6 Å². The number of aryl methyl sites for hydroxylation is 1. The molecular weight excluding hydrogens is 498 g/mol. The first-order valence-corrected chi connectivity index (χ1v) is 14.6. The lowest BCUT2D eigenvalue weighted by molar-refractivity contribution is -0.140. The number of aliphatic hydroxyl groups is 1. The van der Waals surface area contributed by atoms with Gasteiger partial charge in [0.05, 0.1) is 23.4 Å². The monoisotopic (exact) mass is 539 g/mol. The Balaban J connectivity index is 1.71. The average Bonchev–Trinajstić information content (AvgIpc) is 3.37. The number of ketones is 1. The maximum absolute atomic E-state index is 13.9. The summed E-state index contributed by atoms with van der Waals surface area (Å²) in [5.74, 6) is -0.221. The number of Topliss-reactive ketones (excluding diaryl/α,β-unsaturated/α-hetero) is 1. The molecule has 3 aromatic rings. The van der Waals surface area contributed by atoms with Crippen molar-refractivity contribution in [1.29, 1.82) is 0 Å². The van der Waals surface area contributed by atoms with Gasteiger partial charge in [-0.3, -0.25) is 9.59 Å².